The molecule has 1 saturated heterocycles. The molecule has 3 heterocycles. The molecule has 0 saturated carbocycles. The summed E-state index contributed by atoms with van der Waals surface area (Å²) >= 11 is 11.8. The van der Waals surface area contributed by atoms with Crippen LogP contribution in [-0.2, 0) is 6.18 Å². The quantitative estimate of drug-likeness (QED) is 0.758. The third-order valence-electron chi connectivity index (χ3n) is 4.26. The number of hydrogen-bond donors (Lipinski definition) is 1. The zero-order valence-corrected chi connectivity index (χ0v) is 15.4. The monoisotopic (exact) mass is 418 g/mol. The Labute approximate surface area is 163 Å². The first-order valence-corrected chi connectivity index (χ1v) is 8.91. The number of piperidine rings is 1. The molecular formula is C17H15Cl2F3N4O. The summed E-state index contributed by atoms with van der Waals surface area (Å²) in [4.78, 5) is 22.0. The van der Waals surface area contributed by atoms with E-state index < -0.39 is 17.6 Å². The van der Waals surface area contributed by atoms with Crippen molar-refractivity contribution < 1.29 is 18.0 Å². The highest BCUT2D eigenvalue weighted by Gasteiger charge is 2.31. The first kappa shape index (κ1) is 19.7. The van der Waals surface area contributed by atoms with Gasteiger partial charge in [0, 0.05) is 25.3 Å². The van der Waals surface area contributed by atoms with Crippen LogP contribution in [0.2, 0.25) is 10.2 Å². The van der Waals surface area contributed by atoms with Crippen molar-refractivity contribution in [2.75, 3.05) is 18.0 Å². The topological polar surface area (TPSA) is 58.1 Å². The van der Waals surface area contributed by atoms with E-state index in [1.807, 2.05) is 4.90 Å². The summed E-state index contributed by atoms with van der Waals surface area (Å²) in [6, 6.07) is 5.28. The molecule has 0 atom stereocenters. The van der Waals surface area contributed by atoms with Crippen molar-refractivity contribution in [1.82, 2.24) is 15.3 Å². The molecule has 27 heavy (non-hydrogen) atoms. The molecule has 0 radical (unpaired) electrons. The first-order valence-electron chi connectivity index (χ1n) is 8.15. The van der Waals surface area contributed by atoms with Crippen LogP contribution in [0.15, 0.2) is 30.5 Å². The molecule has 0 aliphatic carbocycles. The van der Waals surface area contributed by atoms with Crippen molar-refractivity contribution >= 4 is 34.9 Å². The minimum absolute atomic E-state index is 0.0657. The van der Waals surface area contributed by atoms with E-state index >= 15 is 0 Å². The van der Waals surface area contributed by atoms with Gasteiger partial charge in [-0.15, -0.1) is 0 Å². The van der Waals surface area contributed by atoms with Gasteiger partial charge < -0.3 is 10.2 Å². The lowest BCUT2D eigenvalue weighted by atomic mass is 10.0. The van der Waals surface area contributed by atoms with Gasteiger partial charge in [0.15, 0.2) is 0 Å². The second kappa shape index (κ2) is 7.90. The maximum absolute atomic E-state index is 12.6. The number of carbonyl (C=O) groups excluding carboxylic acids is 1. The predicted octanol–water partition coefficient (Wildman–Crippen LogP) is 4.20. The molecule has 1 aliphatic heterocycles. The van der Waals surface area contributed by atoms with E-state index in [4.69, 9.17) is 23.2 Å². The third kappa shape index (κ3) is 4.81. The Morgan fingerprint density at radius 2 is 1.85 bits per heavy atom. The summed E-state index contributed by atoms with van der Waals surface area (Å²) in [5.41, 5.74) is -0.713. The van der Waals surface area contributed by atoms with Crippen LogP contribution in [-0.4, -0.2) is 35.0 Å². The Kier molecular flexibility index (Phi) is 5.76. The van der Waals surface area contributed by atoms with Crippen molar-refractivity contribution in [1.29, 1.82) is 0 Å². The van der Waals surface area contributed by atoms with Gasteiger partial charge in [-0.2, -0.15) is 13.2 Å². The van der Waals surface area contributed by atoms with Crippen LogP contribution in [0.3, 0.4) is 0 Å². The van der Waals surface area contributed by atoms with Gasteiger partial charge in [-0.25, -0.2) is 9.97 Å². The highest BCUT2D eigenvalue weighted by Crippen LogP contribution is 2.29. The molecule has 0 unspecified atom stereocenters. The second-order valence-electron chi connectivity index (χ2n) is 6.10. The predicted molar refractivity (Wildman–Crippen MR) is 96.2 cm³/mol. The lowest BCUT2D eigenvalue weighted by Crippen LogP contribution is -2.45. The Balaban J connectivity index is 1.57. The number of halogens is 5. The Bertz CT molecular complexity index is 822. The lowest BCUT2D eigenvalue weighted by Gasteiger charge is -2.33. The fourth-order valence-electron chi connectivity index (χ4n) is 2.83. The van der Waals surface area contributed by atoms with E-state index in [1.54, 1.807) is 0 Å². The van der Waals surface area contributed by atoms with Gasteiger partial charge in [0.2, 0.25) is 0 Å². The zero-order chi connectivity index (χ0) is 19.6. The summed E-state index contributed by atoms with van der Waals surface area (Å²) in [7, 11) is 0. The maximum Gasteiger partial charge on any atom is 0.417 e. The molecule has 2 aromatic rings. The standard InChI is InChI=1S/C17H15Cl2F3N4O/c18-12-2-3-13(19)25-15(12)16(27)24-11-5-7-26(8-6-11)14-4-1-10(9-23-14)17(20,21)22/h1-4,9,11H,5-8H2,(H,24,27). The molecule has 0 spiro atoms. The molecule has 0 aromatic carbocycles. The number of rotatable bonds is 3. The van der Waals surface area contributed by atoms with Gasteiger partial charge in [-0.1, -0.05) is 23.2 Å². The van der Waals surface area contributed by atoms with Crippen LogP contribution >= 0.6 is 23.2 Å². The molecule has 3 rings (SSSR count). The summed E-state index contributed by atoms with van der Waals surface area (Å²) in [6.07, 6.45) is -2.34. The van der Waals surface area contributed by atoms with E-state index in [9.17, 15) is 18.0 Å². The molecule has 144 valence electrons. The fraction of sp³-hybridized carbons (Fsp3) is 0.353. The van der Waals surface area contributed by atoms with Crippen molar-refractivity contribution in [3.05, 3.63) is 51.9 Å². The summed E-state index contributed by atoms with van der Waals surface area (Å²) in [5.74, 6) is 0.0703. The molecule has 1 fully saturated rings. The molecule has 2 aromatic heterocycles. The van der Waals surface area contributed by atoms with Gasteiger partial charge in [0.1, 0.15) is 16.7 Å². The molecule has 1 N–H and O–H groups in total. The number of pyridine rings is 2. The normalized spacial score (nSPS) is 15.7. The Morgan fingerprint density at radius 1 is 1.15 bits per heavy atom. The number of hydrogen-bond acceptors (Lipinski definition) is 4. The first-order chi connectivity index (χ1) is 12.7. The van der Waals surface area contributed by atoms with Crippen LogP contribution in [0.1, 0.15) is 28.9 Å². The largest absolute Gasteiger partial charge is 0.417 e. The highest BCUT2D eigenvalue weighted by atomic mass is 35.5. The van der Waals surface area contributed by atoms with E-state index in [1.165, 1.54) is 18.2 Å². The molecule has 1 aliphatic rings. The third-order valence-corrected chi connectivity index (χ3v) is 4.77. The average Bonchev–Trinajstić information content (AvgIpc) is 2.63. The van der Waals surface area contributed by atoms with Crippen LogP contribution in [0.5, 0.6) is 0 Å². The zero-order valence-electron chi connectivity index (χ0n) is 13.9. The van der Waals surface area contributed by atoms with Gasteiger partial charge in [0.25, 0.3) is 5.91 Å². The molecule has 5 nitrogen and oxygen atoms in total. The van der Waals surface area contributed by atoms with Crippen molar-refractivity contribution in [2.24, 2.45) is 0 Å². The van der Waals surface area contributed by atoms with Gasteiger partial charge in [-0.05, 0) is 37.1 Å². The van der Waals surface area contributed by atoms with Crippen LogP contribution in [0, 0.1) is 0 Å². The number of nitrogens with zero attached hydrogens (tertiary/aromatic N) is 3. The van der Waals surface area contributed by atoms with Crippen molar-refractivity contribution in [3.63, 3.8) is 0 Å². The number of anilines is 1. The minimum atomic E-state index is -4.40. The van der Waals surface area contributed by atoms with Gasteiger partial charge in [0.05, 0.1) is 10.6 Å². The van der Waals surface area contributed by atoms with Crippen LogP contribution in [0.25, 0.3) is 0 Å². The second-order valence-corrected chi connectivity index (χ2v) is 6.90. The molecule has 10 heteroatoms. The van der Waals surface area contributed by atoms with E-state index in [0.717, 1.165) is 12.3 Å². The maximum atomic E-state index is 12.6. The number of carbonyl (C=O) groups is 1. The fourth-order valence-corrected chi connectivity index (χ4v) is 3.16. The SMILES string of the molecule is O=C(NC1CCN(c2ccc(C(F)(F)F)cn2)CC1)c1nc(Cl)ccc1Cl. The number of alkyl halides is 3. The van der Waals surface area contributed by atoms with Crippen LogP contribution in [0.4, 0.5) is 19.0 Å². The number of aromatic nitrogens is 2. The van der Waals surface area contributed by atoms with Crippen molar-refractivity contribution in [3.8, 4) is 0 Å². The lowest BCUT2D eigenvalue weighted by molar-refractivity contribution is -0.137. The minimum Gasteiger partial charge on any atom is -0.356 e. The molecule has 1 amide bonds. The number of amides is 1. The molecule has 0 bridgehead atoms. The van der Waals surface area contributed by atoms with Crippen LogP contribution < -0.4 is 10.2 Å². The van der Waals surface area contributed by atoms with E-state index in [0.29, 0.717) is 31.7 Å². The van der Waals surface area contributed by atoms with Gasteiger partial charge in [-0.3, -0.25) is 4.79 Å². The highest BCUT2D eigenvalue weighted by molar-refractivity contribution is 6.34. The van der Waals surface area contributed by atoms with E-state index in [2.05, 4.69) is 15.3 Å². The summed E-state index contributed by atoms with van der Waals surface area (Å²) in [6.45, 7) is 1.11. The van der Waals surface area contributed by atoms with E-state index in [-0.39, 0.29) is 21.9 Å². The molecular weight excluding hydrogens is 404 g/mol. The number of nitrogens with one attached hydrogen (secondary N) is 1. The Morgan fingerprint density at radius 3 is 2.44 bits per heavy atom. The van der Waals surface area contributed by atoms with Crippen molar-refractivity contribution in [2.45, 2.75) is 25.1 Å². The smallest absolute Gasteiger partial charge is 0.356 e. The Hall–Kier alpha value is -2.06. The summed E-state index contributed by atoms with van der Waals surface area (Å²) in [5, 5.41) is 3.25. The summed E-state index contributed by atoms with van der Waals surface area (Å²) < 4.78 is 37.8. The van der Waals surface area contributed by atoms with Gasteiger partial charge >= 0.3 is 6.18 Å². The average molecular weight is 419 g/mol.